The highest BCUT2D eigenvalue weighted by atomic mass is 32.1. The number of carbonyl (C=O) groups excluding carboxylic acids is 2. The Bertz CT molecular complexity index is 1150. The molecular weight excluding hydrogens is 412 g/mol. The molecule has 0 radical (unpaired) electrons. The molecule has 5 rings (SSSR count). The Morgan fingerprint density at radius 1 is 1.23 bits per heavy atom. The Kier molecular flexibility index (Phi) is 5.11. The molecule has 0 unspecified atom stereocenters. The number of hydrogen-bond donors (Lipinski definition) is 2. The van der Waals surface area contributed by atoms with Crippen molar-refractivity contribution < 1.29 is 18.7 Å². The van der Waals surface area contributed by atoms with Crippen LogP contribution in [-0.4, -0.2) is 11.9 Å². The maximum atomic E-state index is 12.8. The first kappa shape index (κ1) is 19.6. The van der Waals surface area contributed by atoms with Gasteiger partial charge in [0, 0.05) is 11.0 Å². The number of carbonyl (C=O) groups is 2. The van der Waals surface area contributed by atoms with Crippen LogP contribution >= 0.6 is 11.3 Å². The third kappa shape index (κ3) is 4.01. The van der Waals surface area contributed by atoms with Crippen LogP contribution in [0.25, 0.3) is 6.08 Å². The van der Waals surface area contributed by atoms with Gasteiger partial charge in [0.25, 0.3) is 5.91 Å². The number of thiophene rings is 1. The molecule has 2 N–H and O–H groups in total. The number of ether oxygens (including phenoxy) is 1. The summed E-state index contributed by atoms with van der Waals surface area (Å²) in [6, 6.07) is 10.6. The van der Waals surface area contributed by atoms with Crippen molar-refractivity contribution in [2.24, 2.45) is 5.92 Å². The fourth-order valence-corrected chi connectivity index (χ4v) is 5.48. The minimum Gasteiger partial charge on any atom is -0.465 e. The molecule has 2 aromatic heterocycles. The van der Waals surface area contributed by atoms with Gasteiger partial charge in [-0.15, -0.1) is 11.3 Å². The van der Waals surface area contributed by atoms with Crippen LogP contribution in [-0.2, 0) is 17.6 Å². The van der Waals surface area contributed by atoms with Crippen molar-refractivity contribution in [2.75, 3.05) is 5.32 Å². The zero-order valence-electron chi connectivity index (χ0n) is 17.0. The summed E-state index contributed by atoms with van der Waals surface area (Å²) >= 11 is 1.70. The lowest BCUT2D eigenvalue weighted by atomic mass is 9.88. The fourth-order valence-electron chi connectivity index (χ4n) is 4.04. The first-order chi connectivity index (χ1) is 15.1. The average Bonchev–Trinajstić information content (AvgIpc) is 3.40. The minimum absolute atomic E-state index is 0.0237. The van der Waals surface area contributed by atoms with Crippen LogP contribution in [0.2, 0.25) is 0 Å². The molecule has 3 heterocycles. The van der Waals surface area contributed by atoms with E-state index in [1.165, 1.54) is 22.8 Å². The Morgan fingerprint density at radius 2 is 2.06 bits per heavy atom. The lowest BCUT2D eigenvalue weighted by Crippen LogP contribution is -2.38. The molecule has 6 nitrogen and oxygen atoms in total. The van der Waals surface area contributed by atoms with Gasteiger partial charge in [0.2, 0.25) is 0 Å². The van der Waals surface area contributed by atoms with Gasteiger partial charge in [-0.25, -0.2) is 4.79 Å². The van der Waals surface area contributed by atoms with Crippen molar-refractivity contribution in [1.29, 1.82) is 0 Å². The monoisotopic (exact) mass is 434 g/mol. The number of nitrogens with one attached hydrogen (secondary N) is 2. The van der Waals surface area contributed by atoms with Gasteiger partial charge in [-0.3, -0.25) is 4.79 Å². The Labute approximate surface area is 183 Å². The highest BCUT2D eigenvalue weighted by Gasteiger charge is 2.33. The van der Waals surface area contributed by atoms with Gasteiger partial charge in [0.05, 0.1) is 11.8 Å². The van der Waals surface area contributed by atoms with Gasteiger partial charge in [0.15, 0.2) is 0 Å². The Balaban J connectivity index is 1.27. The molecule has 0 bridgehead atoms. The van der Waals surface area contributed by atoms with E-state index in [2.05, 4.69) is 17.6 Å². The number of rotatable bonds is 4. The first-order valence-corrected chi connectivity index (χ1v) is 11.1. The molecule has 2 atom stereocenters. The second-order valence-electron chi connectivity index (χ2n) is 7.95. The van der Waals surface area contributed by atoms with E-state index in [1.807, 2.05) is 12.1 Å². The summed E-state index contributed by atoms with van der Waals surface area (Å²) in [6.07, 6.45) is 7.23. The molecule has 3 aromatic rings. The third-order valence-electron chi connectivity index (χ3n) is 5.65. The standard InChI is InChI=1S/C24H22N2O4S/c1-14-4-10-18-19(13-14)31-24-21(18)23(28)25-22(26-24)15-5-7-17(8-6-15)30-20(27)11-9-16-3-2-12-29-16/h2-3,5-9,11-12,14,22,26H,4,10,13H2,1H3,(H,25,28)/b11-9+/t14-,22+/m1/s1. The maximum absolute atomic E-state index is 12.8. The number of anilines is 1. The second kappa shape index (κ2) is 8.07. The van der Waals surface area contributed by atoms with Crippen molar-refractivity contribution in [3.8, 4) is 5.75 Å². The van der Waals surface area contributed by atoms with E-state index in [-0.39, 0.29) is 12.1 Å². The molecule has 158 valence electrons. The van der Waals surface area contributed by atoms with Crippen molar-refractivity contribution >= 4 is 34.3 Å². The van der Waals surface area contributed by atoms with E-state index in [9.17, 15) is 9.59 Å². The second-order valence-corrected chi connectivity index (χ2v) is 9.05. The van der Waals surface area contributed by atoms with E-state index in [1.54, 1.807) is 41.7 Å². The summed E-state index contributed by atoms with van der Waals surface area (Å²) in [7, 11) is 0. The molecular formula is C24H22N2O4S. The van der Waals surface area contributed by atoms with E-state index >= 15 is 0 Å². The third-order valence-corrected chi connectivity index (χ3v) is 6.83. The smallest absolute Gasteiger partial charge is 0.336 e. The maximum Gasteiger partial charge on any atom is 0.336 e. The molecule has 0 saturated carbocycles. The van der Waals surface area contributed by atoms with Gasteiger partial charge < -0.3 is 19.8 Å². The SMILES string of the molecule is C[C@@H]1CCc2c(sc3c2C(=O)N[C@H](c2ccc(OC(=O)/C=C/c4ccco4)cc2)N3)C1. The lowest BCUT2D eigenvalue weighted by Gasteiger charge is -2.27. The van der Waals surface area contributed by atoms with E-state index < -0.39 is 5.97 Å². The molecule has 1 amide bonds. The molecule has 0 spiro atoms. The topological polar surface area (TPSA) is 80.6 Å². The van der Waals surface area contributed by atoms with Crippen molar-refractivity contribution in [2.45, 2.75) is 32.4 Å². The average molecular weight is 435 g/mol. The van der Waals surface area contributed by atoms with Crippen LogP contribution < -0.4 is 15.4 Å². The van der Waals surface area contributed by atoms with Gasteiger partial charge in [0.1, 0.15) is 22.7 Å². The van der Waals surface area contributed by atoms with Crippen molar-refractivity contribution in [1.82, 2.24) is 5.32 Å². The van der Waals surface area contributed by atoms with Crippen molar-refractivity contribution in [3.05, 3.63) is 76.1 Å². The van der Waals surface area contributed by atoms with Crippen LogP contribution in [0, 0.1) is 5.92 Å². The number of fused-ring (bicyclic) bond motifs is 3. The van der Waals surface area contributed by atoms with E-state index in [4.69, 9.17) is 9.15 Å². The van der Waals surface area contributed by atoms with Crippen LogP contribution in [0.3, 0.4) is 0 Å². The summed E-state index contributed by atoms with van der Waals surface area (Å²) in [5, 5.41) is 7.48. The molecule has 1 aromatic carbocycles. The zero-order chi connectivity index (χ0) is 21.4. The highest BCUT2D eigenvalue weighted by molar-refractivity contribution is 7.16. The van der Waals surface area contributed by atoms with Crippen molar-refractivity contribution in [3.63, 3.8) is 0 Å². The minimum atomic E-state index is -0.490. The summed E-state index contributed by atoms with van der Waals surface area (Å²) in [4.78, 5) is 26.1. The Morgan fingerprint density at radius 3 is 2.84 bits per heavy atom. The van der Waals surface area contributed by atoms with Gasteiger partial charge in [-0.2, -0.15) is 0 Å². The van der Waals surface area contributed by atoms with Crippen LogP contribution in [0.1, 0.15) is 51.6 Å². The molecule has 7 heteroatoms. The van der Waals surface area contributed by atoms with E-state index in [0.717, 1.165) is 35.4 Å². The predicted molar refractivity (Wildman–Crippen MR) is 119 cm³/mol. The van der Waals surface area contributed by atoms with Gasteiger partial charge in [-0.1, -0.05) is 19.1 Å². The quantitative estimate of drug-likeness (QED) is 0.345. The normalized spacial score (nSPS) is 20.0. The van der Waals surface area contributed by atoms with Gasteiger partial charge >= 0.3 is 5.97 Å². The summed E-state index contributed by atoms with van der Waals surface area (Å²) in [6.45, 7) is 2.26. The number of hydrogen-bond acceptors (Lipinski definition) is 6. The van der Waals surface area contributed by atoms with Gasteiger partial charge in [-0.05, 0) is 66.6 Å². The highest BCUT2D eigenvalue weighted by Crippen LogP contribution is 2.42. The van der Waals surface area contributed by atoms with Crippen LogP contribution in [0.5, 0.6) is 5.75 Å². The lowest BCUT2D eigenvalue weighted by molar-refractivity contribution is -0.128. The molecule has 0 saturated heterocycles. The Hall–Kier alpha value is -3.32. The number of esters is 1. The largest absolute Gasteiger partial charge is 0.465 e. The van der Waals surface area contributed by atoms with E-state index in [0.29, 0.717) is 17.4 Å². The number of furan rings is 1. The molecule has 31 heavy (non-hydrogen) atoms. The predicted octanol–water partition coefficient (Wildman–Crippen LogP) is 4.94. The zero-order valence-corrected chi connectivity index (χ0v) is 17.8. The number of amides is 1. The summed E-state index contributed by atoms with van der Waals surface area (Å²) in [5.74, 6) is 1.16. The van der Waals surface area contributed by atoms with Crippen LogP contribution in [0.4, 0.5) is 5.00 Å². The fraction of sp³-hybridized carbons (Fsp3) is 0.250. The molecule has 1 aliphatic heterocycles. The first-order valence-electron chi connectivity index (χ1n) is 10.3. The molecule has 0 fully saturated rings. The molecule has 2 aliphatic rings. The molecule has 1 aliphatic carbocycles. The van der Waals surface area contributed by atoms with Crippen LogP contribution in [0.15, 0.2) is 53.2 Å². The summed E-state index contributed by atoms with van der Waals surface area (Å²) in [5.41, 5.74) is 2.92. The summed E-state index contributed by atoms with van der Waals surface area (Å²) < 4.78 is 10.5. The number of benzene rings is 1.